The van der Waals surface area contributed by atoms with Gasteiger partial charge < -0.3 is 9.84 Å². The van der Waals surface area contributed by atoms with E-state index >= 15 is 0 Å². The molecule has 3 aromatic carbocycles. The van der Waals surface area contributed by atoms with Crippen LogP contribution in [0.25, 0.3) is 6.08 Å². The molecule has 1 heterocycles. The number of nitrogens with zero attached hydrogens (tertiary/aromatic N) is 2. The highest BCUT2D eigenvalue weighted by Crippen LogP contribution is 2.42. The Morgan fingerprint density at radius 3 is 2.41 bits per heavy atom. The molecule has 0 aliphatic carbocycles. The van der Waals surface area contributed by atoms with Gasteiger partial charge >= 0.3 is 0 Å². The summed E-state index contributed by atoms with van der Waals surface area (Å²) in [5.74, 6) is -1.50. The van der Waals surface area contributed by atoms with Crippen LogP contribution in [-0.2, 0) is 9.59 Å². The number of ether oxygens (including phenoxy) is 1. The number of allylic oxidation sites excluding steroid dienone is 1. The van der Waals surface area contributed by atoms with Crippen molar-refractivity contribution >= 4 is 29.1 Å². The SMILES string of the molecule is COc1ccc(N2C(=O)C(O)=C(C(=O)/C=C/c3ccccc3)[C@@H]2c2cccc([N+](=O)[O-])c2)cc1. The monoisotopic (exact) mass is 456 g/mol. The molecule has 1 aliphatic rings. The molecule has 0 aromatic heterocycles. The molecule has 0 unspecified atom stereocenters. The van der Waals surface area contributed by atoms with E-state index in [4.69, 9.17) is 4.74 Å². The molecular formula is C26H20N2O6. The van der Waals surface area contributed by atoms with Crippen LogP contribution in [0.2, 0.25) is 0 Å². The number of anilines is 1. The van der Waals surface area contributed by atoms with Crippen molar-refractivity contribution in [2.75, 3.05) is 12.0 Å². The highest BCUT2D eigenvalue weighted by Gasteiger charge is 2.44. The summed E-state index contributed by atoms with van der Waals surface area (Å²) in [6.07, 6.45) is 2.85. The van der Waals surface area contributed by atoms with Crippen LogP contribution < -0.4 is 9.64 Å². The second-order valence-electron chi connectivity index (χ2n) is 7.50. The van der Waals surface area contributed by atoms with Crippen molar-refractivity contribution in [1.29, 1.82) is 0 Å². The number of nitro benzene ring substituents is 1. The highest BCUT2D eigenvalue weighted by atomic mass is 16.6. The first-order chi connectivity index (χ1) is 16.4. The van der Waals surface area contributed by atoms with Gasteiger partial charge in [0.05, 0.1) is 23.6 Å². The Balaban J connectivity index is 1.81. The molecule has 1 aliphatic heterocycles. The third kappa shape index (κ3) is 4.29. The number of non-ortho nitro benzene ring substituents is 1. The zero-order valence-corrected chi connectivity index (χ0v) is 18.1. The summed E-state index contributed by atoms with van der Waals surface area (Å²) in [6, 6.07) is 20.2. The third-order valence-electron chi connectivity index (χ3n) is 5.45. The van der Waals surface area contributed by atoms with Gasteiger partial charge in [-0.2, -0.15) is 0 Å². The maximum absolute atomic E-state index is 13.2. The lowest BCUT2D eigenvalue weighted by molar-refractivity contribution is -0.384. The summed E-state index contributed by atoms with van der Waals surface area (Å²) in [5.41, 5.74) is 1.12. The van der Waals surface area contributed by atoms with Gasteiger partial charge in [0.2, 0.25) is 0 Å². The molecule has 0 radical (unpaired) electrons. The minimum atomic E-state index is -1.06. The highest BCUT2D eigenvalue weighted by molar-refractivity contribution is 6.19. The van der Waals surface area contributed by atoms with Gasteiger partial charge in [-0.1, -0.05) is 48.5 Å². The number of rotatable bonds is 7. The molecule has 4 rings (SSSR count). The first-order valence-corrected chi connectivity index (χ1v) is 10.3. The van der Waals surface area contributed by atoms with Crippen LogP contribution in [0.4, 0.5) is 11.4 Å². The summed E-state index contributed by atoms with van der Waals surface area (Å²) in [4.78, 5) is 38.4. The van der Waals surface area contributed by atoms with E-state index in [0.717, 1.165) is 5.56 Å². The number of carbonyl (C=O) groups excluding carboxylic acids is 2. The fraction of sp³-hybridized carbons (Fsp3) is 0.0769. The summed E-state index contributed by atoms with van der Waals surface area (Å²) < 4.78 is 5.17. The topological polar surface area (TPSA) is 110 Å². The summed E-state index contributed by atoms with van der Waals surface area (Å²) in [6.45, 7) is 0. The fourth-order valence-corrected chi connectivity index (χ4v) is 3.82. The van der Waals surface area contributed by atoms with Gasteiger partial charge in [0, 0.05) is 17.8 Å². The maximum atomic E-state index is 13.2. The van der Waals surface area contributed by atoms with E-state index in [1.807, 2.05) is 18.2 Å². The van der Waals surface area contributed by atoms with E-state index in [-0.39, 0.29) is 11.3 Å². The van der Waals surface area contributed by atoms with Gasteiger partial charge in [-0.25, -0.2) is 0 Å². The zero-order chi connectivity index (χ0) is 24.2. The lowest BCUT2D eigenvalue weighted by Gasteiger charge is -2.26. The van der Waals surface area contributed by atoms with Gasteiger partial charge in [-0.3, -0.25) is 24.6 Å². The predicted molar refractivity (Wildman–Crippen MR) is 126 cm³/mol. The Labute approximate surface area is 195 Å². The summed E-state index contributed by atoms with van der Waals surface area (Å²) in [7, 11) is 1.51. The number of nitro groups is 1. The smallest absolute Gasteiger partial charge is 0.294 e. The van der Waals surface area contributed by atoms with Crippen LogP contribution in [0.5, 0.6) is 5.75 Å². The van der Waals surface area contributed by atoms with Crippen LogP contribution in [0.1, 0.15) is 17.2 Å². The van der Waals surface area contributed by atoms with Gasteiger partial charge in [0.25, 0.3) is 11.6 Å². The Morgan fingerprint density at radius 2 is 1.76 bits per heavy atom. The first kappa shape index (κ1) is 22.5. The molecule has 0 fully saturated rings. The van der Waals surface area contributed by atoms with Gasteiger partial charge in [-0.05, 0) is 41.5 Å². The molecule has 3 aromatic rings. The van der Waals surface area contributed by atoms with Crippen molar-refractivity contribution < 1.29 is 24.4 Å². The molecule has 1 N–H and O–H groups in total. The Morgan fingerprint density at radius 1 is 1.06 bits per heavy atom. The fourth-order valence-electron chi connectivity index (χ4n) is 3.82. The lowest BCUT2D eigenvalue weighted by Crippen LogP contribution is -2.30. The Bertz CT molecular complexity index is 1310. The van der Waals surface area contributed by atoms with E-state index < -0.39 is 28.4 Å². The van der Waals surface area contributed by atoms with Gasteiger partial charge in [0.15, 0.2) is 11.5 Å². The zero-order valence-electron chi connectivity index (χ0n) is 18.1. The predicted octanol–water partition coefficient (Wildman–Crippen LogP) is 4.79. The molecule has 0 saturated carbocycles. The van der Waals surface area contributed by atoms with E-state index in [1.165, 1.54) is 36.3 Å². The number of benzene rings is 3. The normalized spacial score (nSPS) is 15.7. The molecule has 170 valence electrons. The largest absolute Gasteiger partial charge is 0.503 e. The van der Waals surface area contributed by atoms with Gasteiger partial charge in [0.1, 0.15) is 5.75 Å². The maximum Gasteiger partial charge on any atom is 0.294 e. The molecule has 34 heavy (non-hydrogen) atoms. The molecule has 8 heteroatoms. The molecule has 0 bridgehead atoms. The van der Waals surface area contributed by atoms with Crippen LogP contribution >= 0.6 is 0 Å². The van der Waals surface area contributed by atoms with Gasteiger partial charge in [-0.15, -0.1) is 0 Å². The summed E-state index contributed by atoms with van der Waals surface area (Å²) >= 11 is 0. The van der Waals surface area contributed by atoms with Crippen molar-refractivity contribution in [1.82, 2.24) is 0 Å². The second-order valence-corrected chi connectivity index (χ2v) is 7.50. The number of aliphatic hydroxyl groups excluding tert-OH is 1. The van der Waals surface area contributed by atoms with Crippen molar-refractivity contribution in [2.24, 2.45) is 0 Å². The van der Waals surface area contributed by atoms with Crippen molar-refractivity contribution in [3.05, 3.63) is 118 Å². The summed E-state index contributed by atoms with van der Waals surface area (Å²) in [5, 5.41) is 22.1. The minimum absolute atomic E-state index is 0.159. The van der Waals surface area contributed by atoms with Crippen LogP contribution in [-0.4, -0.2) is 28.8 Å². The molecule has 1 amide bonds. The van der Waals surface area contributed by atoms with Crippen molar-refractivity contribution in [3.63, 3.8) is 0 Å². The standard InChI is InChI=1S/C26H20N2O6/c1-34-21-13-11-19(12-14-21)27-24(18-8-5-9-20(16-18)28(32)33)23(25(30)26(27)31)22(29)15-10-17-6-3-2-4-7-17/h2-16,24,30H,1H3/b15-10+/t24-/m0/s1. The van der Waals surface area contributed by atoms with Crippen LogP contribution in [0, 0.1) is 10.1 Å². The Hall–Kier alpha value is -4.72. The number of aliphatic hydroxyl groups is 1. The number of hydrogen-bond donors (Lipinski definition) is 1. The first-order valence-electron chi connectivity index (χ1n) is 10.3. The number of methoxy groups -OCH3 is 1. The second kappa shape index (κ2) is 9.41. The lowest BCUT2D eigenvalue weighted by atomic mass is 9.95. The molecule has 0 saturated heterocycles. The average Bonchev–Trinajstić information content (AvgIpc) is 3.13. The van der Waals surface area contributed by atoms with Crippen molar-refractivity contribution in [3.8, 4) is 5.75 Å². The van der Waals surface area contributed by atoms with Crippen LogP contribution in [0.3, 0.4) is 0 Å². The van der Waals surface area contributed by atoms with Crippen molar-refractivity contribution in [2.45, 2.75) is 6.04 Å². The molecule has 0 spiro atoms. The van der Waals surface area contributed by atoms with E-state index in [0.29, 0.717) is 17.0 Å². The van der Waals surface area contributed by atoms with E-state index in [1.54, 1.807) is 48.5 Å². The third-order valence-corrected chi connectivity index (χ3v) is 5.45. The number of amides is 1. The quantitative estimate of drug-likeness (QED) is 0.311. The molecule has 1 atom stereocenters. The Kier molecular flexibility index (Phi) is 6.22. The molecule has 8 nitrogen and oxygen atoms in total. The van der Waals surface area contributed by atoms with E-state index in [9.17, 15) is 24.8 Å². The number of ketones is 1. The van der Waals surface area contributed by atoms with E-state index in [2.05, 4.69) is 0 Å². The average molecular weight is 456 g/mol. The van der Waals surface area contributed by atoms with Crippen LogP contribution in [0.15, 0.2) is 96.3 Å². The molecular weight excluding hydrogens is 436 g/mol. The number of hydrogen-bond acceptors (Lipinski definition) is 6. The minimum Gasteiger partial charge on any atom is -0.503 e. The number of carbonyl (C=O) groups is 2.